The lowest BCUT2D eigenvalue weighted by Gasteiger charge is -2.01. The molecule has 0 N–H and O–H groups in total. The molecule has 7 heteroatoms. The van der Waals surface area contributed by atoms with Gasteiger partial charge in [-0.05, 0) is 22.9 Å². The number of carbonyl (C=O) groups excluding carboxylic acids is 1. The predicted octanol–water partition coefficient (Wildman–Crippen LogP) is 1.93. The van der Waals surface area contributed by atoms with Gasteiger partial charge in [0, 0.05) is 12.1 Å². The SMILES string of the molecule is CCOC(=O)c1cc([N+](=O)[O-])cc(Br)n1. The first-order valence-electron chi connectivity index (χ1n) is 4.03. The summed E-state index contributed by atoms with van der Waals surface area (Å²) >= 11 is 2.98. The van der Waals surface area contributed by atoms with Gasteiger partial charge in [-0.1, -0.05) is 0 Å². The van der Waals surface area contributed by atoms with E-state index in [0.29, 0.717) is 0 Å². The third-order valence-electron chi connectivity index (χ3n) is 1.47. The largest absolute Gasteiger partial charge is 0.461 e. The van der Waals surface area contributed by atoms with Gasteiger partial charge in [-0.25, -0.2) is 9.78 Å². The first-order chi connectivity index (χ1) is 7.04. The van der Waals surface area contributed by atoms with Crippen molar-refractivity contribution >= 4 is 27.6 Å². The maximum absolute atomic E-state index is 11.2. The van der Waals surface area contributed by atoms with E-state index in [1.165, 1.54) is 6.07 Å². The number of hydrogen-bond donors (Lipinski definition) is 0. The highest BCUT2D eigenvalue weighted by Crippen LogP contribution is 2.18. The van der Waals surface area contributed by atoms with Crippen molar-refractivity contribution in [2.75, 3.05) is 6.61 Å². The van der Waals surface area contributed by atoms with E-state index in [2.05, 4.69) is 25.7 Å². The number of aromatic nitrogens is 1. The van der Waals surface area contributed by atoms with E-state index in [1.54, 1.807) is 6.92 Å². The number of hydrogen-bond acceptors (Lipinski definition) is 5. The van der Waals surface area contributed by atoms with Crippen LogP contribution in [0.5, 0.6) is 0 Å². The lowest BCUT2D eigenvalue weighted by Crippen LogP contribution is -2.07. The number of nitro groups is 1. The quantitative estimate of drug-likeness (QED) is 0.364. The summed E-state index contributed by atoms with van der Waals surface area (Å²) in [5, 5.41) is 10.5. The first kappa shape index (κ1) is 11.6. The van der Waals surface area contributed by atoms with Crippen molar-refractivity contribution in [1.29, 1.82) is 0 Å². The molecular weight excluding hydrogens is 268 g/mol. The van der Waals surface area contributed by atoms with E-state index in [9.17, 15) is 14.9 Å². The number of pyridine rings is 1. The fourth-order valence-electron chi connectivity index (χ4n) is 0.898. The van der Waals surface area contributed by atoms with Crippen LogP contribution in [0.4, 0.5) is 5.69 Å². The van der Waals surface area contributed by atoms with Gasteiger partial charge in [0.2, 0.25) is 0 Å². The number of carbonyl (C=O) groups is 1. The molecule has 1 aromatic heterocycles. The van der Waals surface area contributed by atoms with Crippen LogP contribution in [0.2, 0.25) is 0 Å². The Balaban J connectivity index is 3.09. The summed E-state index contributed by atoms with van der Waals surface area (Å²) in [5.74, 6) is -0.679. The Bertz CT molecular complexity index is 408. The van der Waals surface area contributed by atoms with Crippen LogP contribution in [0.1, 0.15) is 17.4 Å². The lowest BCUT2D eigenvalue weighted by molar-refractivity contribution is -0.385. The monoisotopic (exact) mass is 274 g/mol. The van der Waals surface area contributed by atoms with Gasteiger partial charge in [0.1, 0.15) is 4.60 Å². The van der Waals surface area contributed by atoms with E-state index in [0.717, 1.165) is 6.07 Å². The molecule has 0 aliphatic heterocycles. The van der Waals surface area contributed by atoms with Crippen LogP contribution in [0.3, 0.4) is 0 Å². The minimum absolute atomic E-state index is 0.0853. The zero-order chi connectivity index (χ0) is 11.4. The fraction of sp³-hybridized carbons (Fsp3) is 0.250. The van der Waals surface area contributed by atoms with Crippen molar-refractivity contribution < 1.29 is 14.5 Å². The maximum Gasteiger partial charge on any atom is 0.357 e. The molecule has 0 aromatic carbocycles. The van der Waals surface area contributed by atoms with Crippen molar-refractivity contribution in [2.45, 2.75) is 6.92 Å². The molecule has 0 atom stereocenters. The zero-order valence-corrected chi connectivity index (χ0v) is 9.35. The summed E-state index contributed by atoms with van der Waals surface area (Å²) < 4.78 is 4.89. The molecule has 15 heavy (non-hydrogen) atoms. The van der Waals surface area contributed by atoms with E-state index in [-0.39, 0.29) is 22.6 Å². The third-order valence-corrected chi connectivity index (χ3v) is 1.88. The van der Waals surface area contributed by atoms with E-state index in [4.69, 9.17) is 0 Å². The molecule has 0 saturated carbocycles. The van der Waals surface area contributed by atoms with Gasteiger partial charge in [0.25, 0.3) is 5.69 Å². The van der Waals surface area contributed by atoms with Crippen LogP contribution in [-0.2, 0) is 4.74 Å². The second kappa shape index (κ2) is 4.83. The second-order valence-electron chi connectivity index (χ2n) is 2.51. The highest BCUT2D eigenvalue weighted by Gasteiger charge is 2.15. The highest BCUT2D eigenvalue weighted by atomic mass is 79.9. The molecule has 6 nitrogen and oxygen atoms in total. The number of rotatable bonds is 3. The van der Waals surface area contributed by atoms with Gasteiger partial charge in [-0.3, -0.25) is 10.1 Å². The molecule has 0 unspecified atom stereocenters. The molecule has 0 amide bonds. The van der Waals surface area contributed by atoms with Crippen LogP contribution in [0.25, 0.3) is 0 Å². The first-order valence-corrected chi connectivity index (χ1v) is 4.83. The number of nitrogens with zero attached hydrogens (tertiary/aromatic N) is 2. The molecule has 80 valence electrons. The highest BCUT2D eigenvalue weighted by molar-refractivity contribution is 9.10. The Morgan fingerprint density at radius 3 is 2.87 bits per heavy atom. The summed E-state index contributed by atoms with van der Waals surface area (Å²) in [6.45, 7) is 1.84. The summed E-state index contributed by atoms with van der Waals surface area (Å²) in [6, 6.07) is 2.28. The Hall–Kier alpha value is -1.50. The molecule has 0 fully saturated rings. The fourth-order valence-corrected chi connectivity index (χ4v) is 1.32. The van der Waals surface area contributed by atoms with E-state index < -0.39 is 10.9 Å². The lowest BCUT2D eigenvalue weighted by atomic mass is 10.3. The molecule has 1 heterocycles. The standard InChI is InChI=1S/C8H7BrN2O4/c1-2-15-8(12)6-3-5(11(13)14)4-7(9)10-6/h3-4H,2H2,1H3. The van der Waals surface area contributed by atoms with Crippen LogP contribution >= 0.6 is 15.9 Å². The summed E-state index contributed by atoms with van der Waals surface area (Å²) in [4.78, 5) is 24.9. The Morgan fingerprint density at radius 2 is 2.33 bits per heavy atom. The minimum Gasteiger partial charge on any atom is -0.461 e. The molecule has 0 aliphatic carbocycles. The smallest absolute Gasteiger partial charge is 0.357 e. The van der Waals surface area contributed by atoms with Gasteiger partial charge in [0.15, 0.2) is 5.69 Å². The average Bonchev–Trinajstić information content (AvgIpc) is 2.17. The normalized spacial score (nSPS) is 9.73. The Kier molecular flexibility index (Phi) is 3.73. The molecule has 0 spiro atoms. The van der Waals surface area contributed by atoms with E-state index >= 15 is 0 Å². The van der Waals surface area contributed by atoms with Crippen LogP contribution < -0.4 is 0 Å². The Morgan fingerprint density at radius 1 is 1.67 bits per heavy atom. The number of ether oxygens (including phenoxy) is 1. The maximum atomic E-state index is 11.2. The molecule has 0 saturated heterocycles. The number of halogens is 1. The van der Waals surface area contributed by atoms with Crippen molar-refractivity contribution in [3.05, 3.63) is 32.5 Å². The van der Waals surface area contributed by atoms with Crippen molar-refractivity contribution in [3.8, 4) is 0 Å². The van der Waals surface area contributed by atoms with Crippen molar-refractivity contribution in [3.63, 3.8) is 0 Å². The average molecular weight is 275 g/mol. The molecular formula is C8H7BrN2O4. The Labute approximate surface area is 93.5 Å². The summed E-state index contributed by atoms with van der Waals surface area (Å²) in [7, 11) is 0. The third kappa shape index (κ3) is 2.98. The molecule has 0 aliphatic rings. The van der Waals surface area contributed by atoms with Gasteiger partial charge in [-0.2, -0.15) is 0 Å². The van der Waals surface area contributed by atoms with E-state index in [1.807, 2.05) is 0 Å². The topological polar surface area (TPSA) is 82.3 Å². The van der Waals surface area contributed by atoms with Crippen molar-refractivity contribution in [2.24, 2.45) is 0 Å². The van der Waals surface area contributed by atoms with Gasteiger partial charge in [0.05, 0.1) is 11.5 Å². The molecule has 1 rings (SSSR count). The number of esters is 1. The van der Waals surface area contributed by atoms with Crippen LogP contribution in [-0.4, -0.2) is 22.5 Å². The van der Waals surface area contributed by atoms with Gasteiger partial charge < -0.3 is 4.74 Å². The van der Waals surface area contributed by atoms with Crippen molar-refractivity contribution in [1.82, 2.24) is 4.98 Å². The predicted molar refractivity (Wildman–Crippen MR) is 54.5 cm³/mol. The molecule has 0 radical (unpaired) electrons. The second-order valence-corrected chi connectivity index (χ2v) is 3.32. The van der Waals surface area contributed by atoms with Gasteiger partial charge in [-0.15, -0.1) is 0 Å². The minimum atomic E-state index is -0.679. The van der Waals surface area contributed by atoms with Crippen LogP contribution in [0.15, 0.2) is 16.7 Å². The molecule has 0 bridgehead atoms. The van der Waals surface area contributed by atoms with Crippen LogP contribution in [0, 0.1) is 10.1 Å². The summed E-state index contributed by atoms with van der Waals surface area (Å²) in [5.41, 5.74) is -0.294. The summed E-state index contributed by atoms with van der Waals surface area (Å²) in [6.07, 6.45) is 0. The zero-order valence-electron chi connectivity index (χ0n) is 7.77. The van der Waals surface area contributed by atoms with Gasteiger partial charge >= 0.3 is 5.97 Å². The molecule has 1 aromatic rings.